The summed E-state index contributed by atoms with van der Waals surface area (Å²) in [4.78, 5) is 16.0. The molecule has 0 unspecified atom stereocenters. The molecular weight excluding hydrogens is 462 g/mol. The molecule has 4 rings (SSSR count). The van der Waals surface area contributed by atoms with Crippen molar-refractivity contribution in [1.29, 1.82) is 0 Å². The van der Waals surface area contributed by atoms with E-state index in [0.29, 0.717) is 29.8 Å². The predicted octanol–water partition coefficient (Wildman–Crippen LogP) is 2.96. The molecule has 2 aliphatic rings. The molecule has 34 heavy (non-hydrogen) atoms. The van der Waals surface area contributed by atoms with Crippen LogP contribution in [0.25, 0.3) is 11.1 Å². The highest BCUT2D eigenvalue weighted by atomic mass is 32.2. The Bertz CT molecular complexity index is 1170. The van der Waals surface area contributed by atoms with Gasteiger partial charge in [0, 0.05) is 32.7 Å². The Kier molecular flexibility index (Phi) is 6.93. The van der Waals surface area contributed by atoms with Gasteiger partial charge in [-0.15, -0.1) is 0 Å². The molecule has 184 valence electrons. The van der Waals surface area contributed by atoms with Crippen LogP contribution in [-0.2, 0) is 16.6 Å². The molecule has 0 spiro atoms. The molecule has 0 saturated carbocycles. The number of alkyl halides is 1. The van der Waals surface area contributed by atoms with Crippen LogP contribution in [0.15, 0.2) is 42.5 Å². The van der Waals surface area contributed by atoms with Gasteiger partial charge in [-0.3, -0.25) is 0 Å². The van der Waals surface area contributed by atoms with Crippen LogP contribution in [0, 0.1) is 12.7 Å². The second-order valence-corrected chi connectivity index (χ2v) is 11.1. The van der Waals surface area contributed by atoms with Crippen LogP contribution in [0.3, 0.4) is 0 Å². The van der Waals surface area contributed by atoms with Crippen LogP contribution in [0.4, 0.5) is 13.6 Å². The van der Waals surface area contributed by atoms with Gasteiger partial charge >= 0.3 is 6.03 Å². The lowest BCUT2D eigenvalue weighted by Gasteiger charge is -2.37. The Hall–Kier alpha value is -2.56. The Morgan fingerprint density at radius 2 is 1.88 bits per heavy atom. The molecular formula is C24H30F2N4O3S. The van der Waals surface area contributed by atoms with E-state index in [4.69, 9.17) is 0 Å². The molecule has 0 aromatic heterocycles. The number of aryl methyl sites for hydroxylation is 1. The van der Waals surface area contributed by atoms with Crippen molar-refractivity contribution in [2.45, 2.75) is 38.0 Å². The van der Waals surface area contributed by atoms with Gasteiger partial charge < -0.3 is 9.80 Å². The summed E-state index contributed by atoms with van der Waals surface area (Å²) >= 11 is 0. The third-order valence-corrected chi connectivity index (χ3v) is 8.08. The molecule has 2 aromatic carbocycles. The van der Waals surface area contributed by atoms with Crippen molar-refractivity contribution in [1.82, 2.24) is 18.8 Å². The van der Waals surface area contributed by atoms with Crippen LogP contribution in [0.1, 0.15) is 17.5 Å². The van der Waals surface area contributed by atoms with Gasteiger partial charge in [0.25, 0.3) is 10.2 Å². The zero-order valence-corrected chi connectivity index (χ0v) is 20.4. The first-order valence-electron chi connectivity index (χ1n) is 11.3. The molecule has 2 heterocycles. The molecule has 0 aliphatic carbocycles. The molecule has 2 amide bonds. The highest BCUT2D eigenvalue weighted by molar-refractivity contribution is 7.87. The smallest absolute Gasteiger partial charge is 0.320 e. The minimum atomic E-state index is -3.97. The topological polar surface area (TPSA) is 73.0 Å². The van der Waals surface area contributed by atoms with Crippen molar-refractivity contribution in [2.24, 2.45) is 0 Å². The maximum absolute atomic E-state index is 15.6. The molecule has 2 fully saturated rings. The number of carbonyl (C=O) groups excluding carboxylic acids is 1. The first kappa shape index (κ1) is 24.6. The number of urea groups is 1. The summed E-state index contributed by atoms with van der Waals surface area (Å²) < 4.78 is 59.2. The van der Waals surface area contributed by atoms with Gasteiger partial charge in [0.15, 0.2) is 0 Å². The Balaban J connectivity index is 1.69. The zero-order chi connectivity index (χ0) is 24.6. The lowest BCUT2D eigenvalue weighted by atomic mass is 9.95. The fourth-order valence-electron chi connectivity index (χ4n) is 4.45. The largest absolute Gasteiger partial charge is 0.325 e. The first-order valence-corrected chi connectivity index (χ1v) is 12.8. The van der Waals surface area contributed by atoms with E-state index in [9.17, 15) is 13.2 Å². The van der Waals surface area contributed by atoms with Gasteiger partial charge in [0.1, 0.15) is 12.0 Å². The van der Waals surface area contributed by atoms with Crippen LogP contribution in [0.5, 0.6) is 0 Å². The van der Waals surface area contributed by atoms with Crippen LogP contribution in [-0.4, -0.2) is 80.5 Å². The van der Waals surface area contributed by atoms with E-state index in [1.54, 1.807) is 23.1 Å². The summed E-state index contributed by atoms with van der Waals surface area (Å²) in [5, 5.41) is 0. The van der Waals surface area contributed by atoms with E-state index >= 15 is 8.78 Å². The van der Waals surface area contributed by atoms with E-state index in [1.165, 1.54) is 19.0 Å². The average molecular weight is 493 g/mol. The van der Waals surface area contributed by atoms with E-state index in [1.807, 2.05) is 31.2 Å². The number of hydrogen-bond donors (Lipinski definition) is 1. The molecule has 7 nitrogen and oxygen atoms in total. The summed E-state index contributed by atoms with van der Waals surface area (Å²) in [5.74, 6) is -0.457. The zero-order valence-electron chi connectivity index (χ0n) is 19.5. The highest BCUT2D eigenvalue weighted by Crippen LogP contribution is 2.31. The van der Waals surface area contributed by atoms with Crippen LogP contribution < -0.4 is 4.72 Å². The number of halogens is 2. The van der Waals surface area contributed by atoms with E-state index in [-0.39, 0.29) is 19.0 Å². The van der Waals surface area contributed by atoms with Crippen molar-refractivity contribution >= 4 is 16.2 Å². The molecule has 2 aromatic rings. The third kappa shape index (κ3) is 4.80. The molecule has 3 atom stereocenters. The number of benzene rings is 2. The molecule has 2 aliphatic heterocycles. The third-order valence-electron chi connectivity index (χ3n) is 6.55. The van der Waals surface area contributed by atoms with Gasteiger partial charge in [-0.05, 0) is 30.9 Å². The Morgan fingerprint density at radius 3 is 2.50 bits per heavy atom. The number of amides is 2. The quantitative estimate of drug-likeness (QED) is 0.674. The maximum Gasteiger partial charge on any atom is 0.320 e. The fourth-order valence-corrected chi connectivity index (χ4v) is 5.31. The number of nitrogens with zero attached hydrogens (tertiary/aromatic N) is 3. The second-order valence-electron chi connectivity index (χ2n) is 9.14. The lowest BCUT2D eigenvalue weighted by Crippen LogP contribution is -2.55. The van der Waals surface area contributed by atoms with E-state index in [2.05, 4.69) is 4.72 Å². The Morgan fingerprint density at radius 1 is 1.18 bits per heavy atom. The van der Waals surface area contributed by atoms with Gasteiger partial charge in [-0.2, -0.15) is 17.4 Å². The monoisotopic (exact) mass is 492 g/mol. The molecule has 2 saturated heterocycles. The molecule has 10 heteroatoms. The minimum Gasteiger partial charge on any atom is -0.325 e. The van der Waals surface area contributed by atoms with Crippen molar-refractivity contribution in [3.8, 4) is 11.1 Å². The first-order chi connectivity index (χ1) is 16.1. The number of carbonyl (C=O) groups is 1. The number of hydrogen-bond acceptors (Lipinski definition) is 3. The summed E-state index contributed by atoms with van der Waals surface area (Å²) in [6.45, 7) is 2.82. The lowest BCUT2D eigenvalue weighted by molar-refractivity contribution is 0.119. The van der Waals surface area contributed by atoms with E-state index < -0.39 is 34.3 Å². The van der Waals surface area contributed by atoms with Gasteiger partial charge in [-0.25, -0.2) is 13.6 Å². The minimum absolute atomic E-state index is 0.0217. The molecule has 0 bridgehead atoms. The maximum atomic E-state index is 15.6. The molecule has 0 radical (unpaired) electrons. The van der Waals surface area contributed by atoms with Crippen LogP contribution >= 0.6 is 0 Å². The van der Waals surface area contributed by atoms with Gasteiger partial charge in [0.05, 0.1) is 18.6 Å². The average Bonchev–Trinajstić information content (AvgIpc) is 3.03. The molecule has 1 N–H and O–H groups in total. The standard InChI is InChI=1S/C24H30F2N4O3S/c1-16-7-4-8-17(13-16)19-10-5-9-18(22(19)26)14-21-23(27-34(32,33)28(2)3)20(25)15-30(21)24(31)29-11-6-12-29/h4-5,7-10,13,20-21,23,27H,6,11-12,14-15H2,1-3H3/t20-,21-,23-/m0/s1. The number of rotatable bonds is 6. The summed E-state index contributed by atoms with van der Waals surface area (Å²) in [7, 11) is -1.29. The van der Waals surface area contributed by atoms with Crippen molar-refractivity contribution in [3.63, 3.8) is 0 Å². The normalized spacial score (nSPS) is 22.8. The number of nitrogens with one attached hydrogen (secondary N) is 1. The van der Waals surface area contributed by atoms with Crippen molar-refractivity contribution in [3.05, 3.63) is 59.4 Å². The number of likely N-dealkylation sites (tertiary alicyclic amines) is 2. The van der Waals surface area contributed by atoms with Crippen molar-refractivity contribution in [2.75, 3.05) is 33.7 Å². The van der Waals surface area contributed by atoms with Gasteiger partial charge in [-0.1, -0.05) is 48.0 Å². The van der Waals surface area contributed by atoms with Crippen molar-refractivity contribution < 1.29 is 22.0 Å². The second kappa shape index (κ2) is 9.59. The van der Waals surface area contributed by atoms with E-state index in [0.717, 1.165) is 16.3 Å². The van der Waals surface area contributed by atoms with Gasteiger partial charge in [0.2, 0.25) is 0 Å². The highest BCUT2D eigenvalue weighted by Gasteiger charge is 2.48. The fraction of sp³-hybridized carbons (Fsp3) is 0.458. The predicted molar refractivity (Wildman–Crippen MR) is 127 cm³/mol. The summed E-state index contributed by atoms with van der Waals surface area (Å²) in [5.41, 5.74) is 2.41. The van der Waals surface area contributed by atoms with Crippen LogP contribution in [0.2, 0.25) is 0 Å². The summed E-state index contributed by atoms with van der Waals surface area (Å²) in [6, 6.07) is 10.0. The summed E-state index contributed by atoms with van der Waals surface area (Å²) in [6.07, 6.45) is -0.771. The SMILES string of the molecule is Cc1cccc(-c2cccc(C[C@H]3[C@@H](NS(=O)(=O)N(C)C)[C@@H](F)CN3C(=O)N3CCC3)c2F)c1. The Labute approximate surface area is 199 Å².